The van der Waals surface area contributed by atoms with Gasteiger partial charge in [-0.15, -0.1) is 0 Å². The van der Waals surface area contributed by atoms with E-state index in [0.717, 1.165) is 27.6 Å². The molecule has 0 saturated carbocycles. The van der Waals surface area contributed by atoms with E-state index in [-0.39, 0.29) is 0 Å². The van der Waals surface area contributed by atoms with E-state index in [1.54, 1.807) is 11.8 Å². The van der Waals surface area contributed by atoms with Gasteiger partial charge < -0.3 is 5.32 Å². The molecule has 20 heavy (non-hydrogen) atoms. The second-order valence-electron chi connectivity index (χ2n) is 4.58. The zero-order chi connectivity index (χ0) is 14.5. The standard InChI is InChI=1S/C14H18BrN3S2/c1-4-7-16-9(2)11-5-6-13(12(15)8-11)19-14-17-10(3)18-20-14/h5-6,8-9,16H,4,7H2,1-3H3. The van der Waals surface area contributed by atoms with Crippen LogP contribution in [0.1, 0.15) is 37.7 Å². The van der Waals surface area contributed by atoms with Crippen LogP contribution in [-0.4, -0.2) is 15.9 Å². The summed E-state index contributed by atoms with van der Waals surface area (Å²) in [7, 11) is 0. The fraction of sp³-hybridized carbons (Fsp3) is 0.429. The zero-order valence-corrected chi connectivity index (χ0v) is 15.0. The van der Waals surface area contributed by atoms with Crippen LogP contribution in [0, 0.1) is 6.92 Å². The molecule has 0 fully saturated rings. The van der Waals surface area contributed by atoms with Gasteiger partial charge in [0, 0.05) is 15.4 Å². The lowest BCUT2D eigenvalue weighted by molar-refractivity contribution is 0.570. The zero-order valence-electron chi connectivity index (χ0n) is 11.8. The van der Waals surface area contributed by atoms with Crippen LogP contribution in [0.25, 0.3) is 0 Å². The Kier molecular flexibility index (Phi) is 6.01. The van der Waals surface area contributed by atoms with Crippen molar-refractivity contribution < 1.29 is 0 Å². The SMILES string of the molecule is CCCNC(C)c1ccc(Sc2nc(C)ns2)c(Br)c1. The largest absolute Gasteiger partial charge is 0.310 e. The minimum atomic E-state index is 0.370. The Labute approximate surface area is 136 Å². The van der Waals surface area contributed by atoms with Crippen LogP contribution in [-0.2, 0) is 0 Å². The third-order valence-electron chi connectivity index (χ3n) is 2.86. The molecule has 1 N–H and O–H groups in total. The number of nitrogens with one attached hydrogen (secondary N) is 1. The predicted molar refractivity (Wildman–Crippen MR) is 89.6 cm³/mol. The van der Waals surface area contributed by atoms with Crippen molar-refractivity contribution in [3.05, 3.63) is 34.1 Å². The second kappa shape index (κ2) is 7.54. The van der Waals surface area contributed by atoms with E-state index >= 15 is 0 Å². The molecule has 1 aromatic heterocycles. The van der Waals surface area contributed by atoms with Crippen molar-refractivity contribution in [1.82, 2.24) is 14.7 Å². The first kappa shape index (κ1) is 15.9. The van der Waals surface area contributed by atoms with Crippen LogP contribution in [0.2, 0.25) is 0 Å². The first-order valence-corrected chi connectivity index (χ1v) is 8.99. The average Bonchev–Trinajstić information content (AvgIpc) is 2.83. The summed E-state index contributed by atoms with van der Waals surface area (Å²) in [5, 5.41) is 3.50. The Morgan fingerprint density at radius 2 is 2.25 bits per heavy atom. The van der Waals surface area contributed by atoms with E-state index in [1.807, 2.05) is 6.92 Å². The van der Waals surface area contributed by atoms with Gasteiger partial charge in [-0.25, -0.2) is 4.98 Å². The molecule has 0 saturated heterocycles. The van der Waals surface area contributed by atoms with E-state index in [9.17, 15) is 0 Å². The number of rotatable bonds is 6. The summed E-state index contributed by atoms with van der Waals surface area (Å²) in [4.78, 5) is 5.56. The molecule has 1 aromatic carbocycles. The van der Waals surface area contributed by atoms with Gasteiger partial charge in [-0.2, -0.15) is 4.37 Å². The summed E-state index contributed by atoms with van der Waals surface area (Å²) >= 11 is 6.75. The van der Waals surface area contributed by atoms with Crippen molar-refractivity contribution in [2.45, 2.75) is 42.5 Å². The van der Waals surface area contributed by atoms with Crippen LogP contribution in [0.3, 0.4) is 0 Å². The predicted octanol–water partition coefficient (Wildman–Crippen LogP) is 4.82. The van der Waals surface area contributed by atoms with Crippen LogP contribution < -0.4 is 5.32 Å². The number of aryl methyl sites for hydroxylation is 1. The fourth-order valence-corrected chi connectivity index (χ4v) is 4.01. The van der Waals surface area contributed by atoms with Gasteiger partial charge in [-0.3, -0.25) is 0 Å². The third kappa shape index (κ3) is 4.28. The number of halogens is 1. The molecule has 2 aromatic rings. The highest BCUT2D eigenvalue weighted by atomic mass is 79.9. The molecule has 1 atom stereocenters. The third-order valence-corrected chi connectivity index (χ3v) is 5.70. The van der Waals surface area contributed by atoms with Crippen molar-refractivity contribution in [1.29, 1.82) is 0 Å². The molecule has 0 aliphatic heterocycles. The Bertz CT molecular complexity index is 571. The highest BCUT2D eigenvalue weighted by molar-refractivity contribution is 9.10. The molecule has 1 unspecified atom stereocenters. The van der Waals surface area contributed by atoms with E-state index in [4.69, 9.17) is 0 Å². The van der Waals surface area contributed by atoms with Gasteiger partial charge in [0.05, 0.1) is 0 Å². The molecule has 0 bridgehead atoms. The number of hydrogen-bond acceptors (Lipinski definition) is 5. The lowest BCUT2D eigenvalue weighted by Crippen LogP contribution is -2.19. The molecule has 2 rings (SSSR count). The summed E-state index contributed by atoms with van der Waals surface area (Å²) < 4.78 is 6.30. The van der Waals surface area contributed by atoms with Crippen molar-refractivity contribution in [2.24, 2.45) is 0 Å². The van der Waals surface area contributed by atoms with Crippen molar-refractivity contribution in [3.8, 4) is 0 Å². The Balaban J connectivity index is 2.09. The molecule has 108 valence electrons. The summed E-state index contributed by atoms with van der Waals surface area (Å²) in [6.07, 6.45) is 1.15. The minimum Gasteiger partial charge on any atom is -0.310 e. The summed E-state index contributed by atoms with van der Waals surface area (Å²) in [5.74, 6) is 0.836. The number of aromatic nitrogens is 2. The quantitative estimate of drug-likeness (QED) is 0.789. The van der Waals surface area contributed by atoms with Crippen molar-refractivity contribution >= 4 is 39.2 Å². The van der Waals surface area contributed by atoms with E-state index in [2.05, 4.69) is 62.7 Å². The molecular weight excluding hydrogens is 354 g/mol. The molecule has 3 nitrogen and oxygen atoms in total. The molecule has 1 heterocycles. The van der Waals surface area contributed by atoms with Crippen LogP contribution in [0.5, 0.6) is 0 Å². The average molecular weight is 372 g/mol. The van der Waals surface area contributed by atoms with Gasteiger partial charge in [0.2, 0.25) is 0 Å². The topological polar surface area (TPSA) is 37.8 Å². The maximum atomic E-state index is 4.38. The Morgan fingerprint density at radius 1 is 1.45 bits per heavy atom. The summed E-state index contributed by atoms with van der Waals surface area (Å²) in [6.45, 7) is 7.33. The highest BCUT2D eigenvalue weighted by Gasteiger charge is 2.10. The van der Waals surface area contributed by atoms with Gasteiger partial charge in [0.25, 0.3) is 0 Å². The monoisotopic (exact) mass is 371 g/mol. The van der Waals surface area contributed by atoms with Crippen molar-refractivity contribution in [2.75, 3.05) is 6.54 Å². The minimum absolute atomic E-state index is 0.370. The highest BCUT2D eigenvalue weighted by Crippen LogP contribution is 2.35. The van der Waals surface area contributed by atoms with Crippen molar-refractivity contribution in [3.63, 3.8) is 0 Å². The van der Waals surface area contributed by atoms with Gasteiger partial charge in [-0.1, -0.05) is 24.8 Å². The maximum absolute atomic E-state index is 4.38. The van der Waals surface area contributed by atoms with Crippen LogP contribution in [0.4, 0.5) is 0 Å². The molecular formula is C14H18BrN3S2. The van der Waals surface area contributed by atoms with Gasteiger partial charge in [-0.05, 0) is 72.0 Å². The maximum Gasteiger partial charge on any atom is 0.174 e. The second-order valence-corrected chi connectivity index (χ2v) is 7.47. The number of benzene rings is 1. The molecule has 0 amide bonds. The molecule has 0 aliphatic rings. The molecule has 0 spiro atoms. The van der Waals surface area contributed by atoms with E-state index < -0.39 is 0 Å². The lowest BCUT2D eigenvalue weighted by atomic mass is 10.1. The van der Waals surface area contributed by atoms with E-state index in [1.165, 1.54) is 22.0 Å². The Hall–Kier alpha value is -0.430. The van der Waals surface area contributed by atoms with Crippen LogP contribution in [0.15, 0.2) is 31.9 Å². The lowest BCUT2D eigenvalue weighted by Gasteiger charge is -2.14. The molecule has 6 heteroatoms. The number of nitrogens with zero attached hydrogens (tertiary/aromatic N) is 2. The molecule has 0 aliphatic carbocycles. The smallest absolute Gasteiger partial charge is 0.174 e. The first-order chi connectivity index (χ1) is 9.60. The van der Waals surface area contributed by atoms with Crippen LogP contribution >= 0.6 is 39.2 Å². The Morgan fingerprint density at radius 3 is 2.85 bits per heavy atom. The fourth-order valence-electron chi connectivity index (χ4n) is 1.76. The van der Waals surface area contributed by atoms with Gasteiger partial charge in [0.1, 0.15) is 5.82 Å². The van der Waals surface area contributed by atoms with E-state index in [0.29, 0.717) is 6.04 Å². The molecule has 0 radical (unpaired) electrons. The summed E-state index contributed by atoms with van der Waals surface area (Å²) in [6, 6.07) is 6.87. The van der Waals surface area contributed by atoms with Gasteiger partial charge >= 0.3 is 0 Å². The number of hydrogen-bond donors (Lipinski definition) is 1. The van der Waals surface area contributed by atoms with Gasteiger partial charge in [0.15, 0.2) is 4.34 Å². The normalized spacial score (nSPS) is 12.6. The summed E-state index contributed by atoms with van der Waals surface area (Å²) in [5.41, 5.74) is 1.29. The first-order valence-electron chi connectivity index (χ1n) is 6.61.